The zero-order chi connectivity index (χ0) is 19.5. The molecule has 0 radical (unpaired) electrons. The Hall–Kier alpha value is -2.79. The van der Waals surface area contributed by atoms with Crippen LogP contribution < -0.4 is 5.32 Å². The van der Waals surface area contributed by atoms with Crippen molar-refractivity contribution in [3.05, 3.63) is 70.9 Å². The van der Waals surface area contributed by atoms with Crippen LogP contribution in [0.15, 0.2) is 48.5 Å². The van der Waals surface area contributed by atoms with E-state index < -0.39 is 0 Å². The number of nitrogens with zero attached hydrogens (tertiary/aromatic N) is 1. The number of nitrogens with one attached hydrogen (secondary N) is 2. The number of carbonyl (C=O) groups is 1. The molecule has 3 aromatic rings. The Morgan fingerprint density at radius 2 is 2.00 bits per heavy atom. The first kappa shape index (κ1) is 18.6. The third-order valence-corrected chi connectivity index (χ3v) is 5.49. The molecule has 2 N–H and O–H groups in total. The molecule has 146 valence electrons. The third kappa shape index (κ3) is 3.50. The summed E-state index contributed by atoms with van der Waals surface area (Å²) in [6, 6.07) is 16.7. The van der Waals surface area contributed by atoms with Crippen molar-refractivity contribution in [3.63, 3.8) is 0 Å². The standard InChI is InChI=1S/C23H27N3O2/c1-16-8-10-17(11-9-16)22-21-19(18-6-3-4-7-20(18)25-21)12-14-26(22)23(27)24-13-5-15-28-2/h3-4,6-11,22,25H,5,12-15H2,1-2H3,(H,24,27)/t22-/m1/s1. The molecule has 5 heteroatoms. The largest absolute Gasteiger partial charge is 0.385 e. The number of rotatable bonds is 5. The zero-order valence-corrected chi connectivity index (χ0v) is 16.5. The van der Waals surface area contributed by atoms with Crippen LogP contribution in [0, 0.1) is 6.92 Å². The number of H-pyrrole nitrogens is 1. The van der Waals surface area contributed by atoms with Gasteiger partial charge in [-0.2, -0.15) is 0 Å². The van der Waals surface area contributed by atoms with Crippen molar-refractivity contribution in [2.75, 3.05) is 26.8 Å². The van der Waals surface area contributed by atoms with Gasteiger partial charge in [0, 0.05) is 43.4 Å². The first-order chi connectivity index (χ1) is 13.7. The van der Waals surface area contributed by atoms with Crippen molar-refractivity contribution in [2.45, 2.75) is 25.8 Å². The maximum Gasteiger partial charge on any atom is 0.318 e. The van der Waals surface area contributed by atoms with Crippen molar-refractivity contribution < 1.29 is 9.53 Å². The number of aryl methyl sites for hydroxylation is 1. The van der Waals surface area contributed by atoms with E-state index in [1.54, 1.807) is 7.11 Å². The summed E-state index contributed by atoms with van der Waals surface area (Å²) in [7, 11) is 1.68. The summed E-state index contributed by atoms with van der Waals surface area (Å²) in [5.74, 6) is 0. The lowest BCUT2D eigenvalue weighted by atomic mass is 9.92. The molecular formula is C23H27N3O2. The fraction of sp³-hybridized carbons (Fsp3) is 0.348. The molecule has 0 aliphatic carbocycles. The van der Waals surface area contributed by atoms with E-state index in [1.807, 2.05) is 11.0 Å². The van der Waals surface area contributed by atoms with Crippen molar-refractivity contribution in [1.29, 1.82) is 0 Å². The predicted molar refractivity (Wildman–Crippen MR) is 112 cm³/mol. The fourth-order valence-corrected chi connectivity index (χ4v) is 4.07. The second kappa shape index (κ2) is 8.07. The number of urea groups is 1. The molecule has 5 nitrogen and oxygen atoms in total. The van der Waals surface area contributed by atoms with Crippen molar-refractivity contribution in [2.24, 2.45) is 0 Å². The molecule has 0 unspecified atom stereocenters. The number of para-hydroxylation sites is 1. The lowest BCUT2D eigenvalue weighted by Crippen LogP contribution is -2.46. The van der Waals surface area contributed by atoms with Crippen LogP contribution in [0.2, 0.25) is 0 Å². The van der Waals surface area contributed by atoms with E-state index in [1.165, 1.54) is 16.5 Å². The Balaban J connectivity index is 1.70. The van der Waals surface area contributed by atoms with Gasteiger partial charge in [-0.25, -0.2) is 4.79 Å². The minimum atomic E-state index is -0.112. The van der Waals surface area contributed by atoms with Crippen LogP contribution in [0.3, 0.4) is 0 Å². The molecule has 4 rings (SSSR count). The first-order valence-electron chi connectivity index (χ1n) is 9.88. The smallest absolute Gasteiger partial charge is 0.318 e. The Labute approximate surface area is 165 Å². The van der Waals surface area contributed by atoms with Crippen molar-refractivity contribution in [1.82, 2.24) is 15.2 Å². The SMILES string of the molecule is COCCCNC(=O)N1CCc2c([nH]c3ccccc23)[C@H]1c1ccc(C)cc1. The second-order valence-corrected chi connectivity index (χ2v) is 7.40. The average molecular weight is 377 g/mol. The van der Waals surface area contributed by atoms with Crippen LogP contribution >= 0.6 is 0 Å². The molecule has 2 heterocycles. The van der Waals surface area contributed by atoms with Gasteiger partial charge in [0.15, 0.2) is 0 Å². The summed E-state index contributed by atoms with van der Waals surface area (Å²) in [6.45, 7) is 4.04. The topological polar surface area (TPSA) is 57.4 Å². The van der Waals surface area contributed by atoms with E-state index in [4.69, 9.17) is 4.74 Å². The molecule has 28 heavy (non-hydrogen) atoms. The molecular weight excluding hydrogens is 350 g/mol. The van der Waals surface area contributed by atoms with Crippen LogP contribution in [-0.4, -0.2) is 42.7 Å². The Bertz CT molecular complexity index is 962. The molecule has 1 atom stereocenters. The molecule has 0 saturated carbocycles. The maximum absolute atomic E-state index is 13.0. The number of aromatic nitrogens is 1. The number of methoxy groups -OCH3 is 1. The van der Waals surface area contributed by atoms with Crippen LogP contribution in [0.5, 0.6) is 0 Å². The number of carbonyl (C=O) groups excluding carboxylic acids is 1. The molecule has 0 bridgehead atoms. The summed E-state index contributed by atoms with van der Waals surface area (Å²) < 4.78 is 5.08. The van der Waals surface area contributed by atoms with E-state index in [0.29, 0.717) is 19.7 Å². The summed E-state index contributed by atoms with van der Waals surface area (Å²) in [6.07, 6.45) is 1.66. The number of fused-ring (bicyclic) bond motifs is 3. The normalized spacial score (nSPS) is 16.2. The molecule has 0 spiro atoms. The molecule has 0 saturated heterocycles. The number of aromatic amines is 1. The number of ether oxygens (including phenoxy) is 1. The number of benzene rings is 2. The number of hydrogen-bond acceptors (Lipinski definition) is 2. The fourth-order valence-electron chi connectivity index (χ4n) is 4.07. The van der Waals surface area contributed by atoms with Gasteiger partial charge in [-0.1, -0.05) is 48.0 Å². The molecule has 0 fully saturated rings. The van der Waals surface area contributed by atoms with Gasteiger partial charge in [0.05, 0.1) is 6.04 Å². The van der Waals surface area contributed by atoms with Gasteiger partial charge >= 0.3 is 6.03 Å². The number of hydrogen-bond donors (Lipinski definition) is 2. The minimum Gasteiger partial charge on any atom is -0.385 e. The average Bonchev–Trinajstić information content (AvgIpc) is 3.10. The van der Waals surface area contributed by atoms with Gasteiger partial charge in [-0.3, -0.25) is 0 Å². The van der Waals surface area contributed by atoms with Crippen LogP contribution in [0.4, 0.5) is 4.79 Å². The number of amides is 2. The predicted octanol–water partition coefficient (Wildman–Crippen LogP) is 4.17. The molecule has 1 aliphatic heterocycles. The monoisotopic (exact) mass is 377 g/mol. The summed E-state index contributed by atoms with van der Waals surface area (Å²) >= 11 is 0. The zero-order valence-electron chi connectivity index (χ0n) is 16.5. The molecule has 1 aliphatic rings. The maximum atomic E-state index is 13.0. The van der Waals surface area contributed by atoms with E-state index in [-0.39, 0.29) is 12.1 Å². The summed E-state index contributed by atoms with van der Waals surface area (Å²) in [5.41, 5.74) is 5.93. The summed E-state index contributed by atoms with van der Waals surface area (Å²) in [5, 5.41) is 4.32. The van der Waals surface area contributed by atoms with Gasteiger partial charge in [0.1, 0.15) is 0 Å². The lowest BCUT2D eigenvalue weighted by molar-refractivity contribution is 0.173. The van der Waals surface area contributed by atoms with E-state index in [2.05, 4.69) is 59.7 Å². The summed E-state index contributed by atoms with van der Waals surface area (Å²) in [4.78, 5) is 18.5. The van der Waals surface area contributed by atoms with Crippen molar-refractivity contribution in [3.8, 4) is 0 Å². The molecule has 2 aromatic carbocycles. The highest BCUT2D eigenvalue weighted by Crippen LogP contribution is 2.38. The lowest BCUT2D eigenvalue weighted by Gasteiger charge is -2.36. The van der Waals surface area contributed by atoms with Crippen LogP contribution in [0.1, 0.15) is 34.8 Å². The first-order valence-corrected chi connectivity index (χ1v) is 9.88. The van der Waals surface area contributed by atoms with Crippen LogP contribution in [0.25, 0.3) is 10.9 Å². The highest BCUT2D eigenvalue weighted by atomic mass is 16.5. The van der Waals surface area contributed by atoms with Gasteiger partial charge in [-0.15, -0.1) is 0 Å². The van der Waals surface area contributed by atoms with E-state index in [0.717, 1.165) is 29.6 Å². The Morgan fingerprint density at radius 3 is 2.79 bits per heavy atom. The third-order valence-electron chi connectivity index (χ3n) is 5.49. The quantitative estimate of drug-likeness (QED) is 0.656. The minimum absolute atomic E-state index is 0.0222. The van der Waals surface area contributed by atoms with Crippen molar-refractivity contribution >= 4 is 16.9 Å². The van der Waals surface area contributed by atoms with Crippen LogP contribution in [-0.2, 0) is 11.2 Å². The highest BCUT2D eigenvalue weighted by Gasteiger charge is 2.34. The molecule has 1 aromatic heterocycles. The Kier molecular flexibility index (Phi) is 5.35. The second-order valence-electron chi connectivity index (χ2n) is 7.40. The molecule has 2 amide bonds. The van der Waals surface area contributed by atoms with E-state index in [9.17, 15) is 4.79 Å². The van der Waals surface area contributed by atoms with Gasteiger partial charge < -0.3 is 19.9 Å². The van der Waals surface area contributed by atoms with Gasteiger partial charge in [0.25, 0.3) is 0 Å². The van der Waals surface area contributed by atoms with E-state index >= 15 is 0 Å². The Morgan fingerprint density at radius 1 is 1.21 bits per heavy atom. The van der Waals surface area contributed by atoms with Gasteiger partial charge in [-0.05, 0) is 37.0 Å². The highest BCUT2D eigenvalue weighted by molar-refractivity contribution is 5.86. The van der Waals surface area contributed by atoms with Gasteiger partial charge in [0.2, 0.25) is 0 Å².